The lowest BCUT2D eigenvalue weighted by Crippen LogP contribution is -2.27. The van der Waals surface area contributed by atoms with Crippen LogP contribution in [0.4, 0.5) is 0 Å². The largest absolute Gasteiger partial charge is 0.461 e. The third kappa shape index (κ3) is 3.85. The lowest BCUT2D eigenvalue weighted by Gasteiger charge is -2.03. The third-order valence-electron chi connectivity index (χ3n) is 2.72. The Kier molecular flexibility index (Phi) is 5.53. The second-order valence-electron chi connectivity index (χ2n) is 4.11. The maximum absolute atomic E-state index is 11.9. The maximum Gasteiger partial charge on any atom is 0.273 e. The van der Waals surface area contributed by atoms with Gasteiger partial charge in [-0.3, -0.25) is 4.79 Å². The van der Waals surface area contributed by atoms with Crippen molar-refractivity contribution in [3.63, 3.8) is 0 Å². The molecule has 0 aliphatic rings. The number of nitrogens with zero attached hydrogens (tertiary/aromatic N) is 3. The zero-order chi connectivity index (χ0) is 15.8. The second-order valence-corrected chi connectivity index (χ2v) is 4.11. The molecule has 3 aromatic rings. The molecule has 0 aliphatic heterocycles. The standard InChI is InChI=1S/C13H12N4O3.C2H6/c18-13(15-4-6-17-5-3-14-9-17)10-8-12(20-16-10)11-2-1-7-19-11;1-2/h1-3,5,7-9H,4,6H2,(H,15,18);1-2H3. The molecule has 7 nitrogen and oxygen atoms in total. The molecule has 0 saturated carbocycles. The van der Waals surface area contributed by atoms with Crippen molar-refractivity contribution in [1.29, 1.82) is 0 Å². The van der Waals surface area contributed by atoms with E-state index in [0.717, 1.165) is 0 Å². The van der Waals surface area contributed by atoms with Gasteiger partial charge in [-0.2, -0.15) is 0 Å². The summed E-state index contributed by atoms with van der Waals surface area (Å²) >= 11 is 0. The van der Waals surface area contributed by atoms with Crippen LogP contribution in [0.1, 0.15) is 24.3 Å². The molecule has 3 aromatic heterocycles. The van der Waals surface area contributed by atoms with Crippen molar-refractivity contribution >= 4 is 5.91 Å². The van der Waals surface area contributed by atoms with Crippen LogP contribution in [0.5, 0.6) is 0 Å². The molecule has 1 amide bonds. The molecule has 0 radical (unpaired) electrons. The third-order valence-corrected chi connectivity index (χ3v) is 2.72. The van der Waals surface area contributed by atoms with E-state index in [9.17, 15) is 4.79 Å². The van der Waals surface area contributed by atoms with E-state index < -0.39 is 0 Å². The van der Waals surface area contributed by atoms with Gasteiger partial charge in [0.1, 0.15) is 0 Å². The van der Waals surface area contributed by atoms with E-state index in [1.54, 1.807) is 30.7 Å². The molecule has 116 valence electrons. The quantitative estimate of drug-likeness (QED) is 0.783. The number of imidazole rings is 1. The highest BCUT2D eigenvalue weighted by molar-refractivity contribution is 5.92. The van der Waals surface area contributed by atoms with Crippen LogP contribution in [0.2, 0.25) is 0 Å². The van der Waals surface area contributed by atoms with Crippen LogP contribution in [-0.2, 0) is 6.54 Å². The molecule has 0 aliphatic carbocycles. The Labute approximate surface area is 127 Å². The van der Waals surface area contributed by atoms with E-state index in [2.05, 4.69) is 15.5 Å². The summed E-state index contributed by atoms with van der Waals surface area (Å²) in [4.78, 5) is 15.8. The molecule has 0 fully saturated rings. The van der Waals surface area contributed by atoms with Crippen molar-refractivity contribution in [3.05, 3.63) is 48.9 Å². The first-order valence-electron chi connectivity index (χ1n) is 7.07. The summed E-state index contributed by atoms with van der Waals surface area (Å²) in [5.41, 5.74) is 0.224. The Morgan fingerprint density at radius 1 is 1.36 bits per heavy atom. The van der Waals surface area contributed by atoms with Crippen LogP contribution >= 0.6 is 0 Å². The summed E-state index contributed by atoms with van der Waals surface area (Å²) in [6, 6.07) is 5.02. The van der Waals surface area contributed by atoms with Gasteiger partial charge in [-0.05, 0) is 12.1 Å². The van der Waals surface area contributed by atoms with Gasteiger partial charge in [0.25, 0.3) is 5.91 Å². The normalized spacial score (nSPS) is 9.91. The van der Waals surface area contributed by atoms with E-state index in [1.165, 1.54) is 6.26 Å². The van der Waals surface area contributed by atoms with Crippen molar-refractivity contribution in [2.75, 3.05) is 6.54 Å². The Hall–Kier alpha value is -2.83. The summed E-state index contributed by atoms with van der Waals surface area (Å²) in [5.74, 6) is 0.677. The number of aromatic nitrogens is 3. The molecule has 1 N–H and O–H groups in total. The highest BCUT2D eigenvalue weighted by Crippen LogP contribution is 2.20. The fourth-order valence-corrected chi connectivity index (χ4v) is 1.73. The minimum absolute atomic E-state index is 0.224. The van der Waals surface area contributed by atoms with Gasteiger partial charge < -0.3 is 18.8 Å². The van der Waals surface area contributed by atoms with Crippen LogP contribution in [0, 0.1) is 0 Å². The van der Waals surface area contributed by atoms with Crippen LogP contribution < -0.4 is 5.32 Å². The van der Waals surface area contributed by atoms with Gasteiger partial charge in [0, 0.05) is 31.5 Å². The Bertz CT molecular complexity index is 672. The van der Waals surface area contributed by atoms with Gasteiger partial charge >= 0.3 is 0 Å². The number of rotatable bonds is 5. The molecular formula is C15H18N4O3. The summed E-state index contributed by atoms with van der Waals surface area (Å²) < 4.78 is 12.1. The molecule has 3 heterocycles. The number of hydrogen-bond donors (Lipinski definition) is 1. The Morgan fingerprint density at radius 2 is 2.23 bits per heavy atom. The summed E-state index contributed by atoms with van der Waals surface area (Å²) in [7, 11) is 0. The van der Waals surface area contributed by atoms with Gasteiger partial charge in [0.05, 0.1) is 12.6 Å². The minimum atomic E-state index is -0.285. The number of carbonyl (C=O) groups excluding carboxylic acids is 1. The molecule has 0 aromatic carbocycles. The van der Waals surface area contributed by atoms with E-state index in [-0.39, 0.29) is 11.6 Å². The fourth-order valence-electron chi connectivity index (χ4n) is 1.73. The predicted molar refractivity (Wildman–Crippen MR) is 80.1 cm³/mol. The monoisotopic (exact) mass is 302 g/mol. The SMILES string of the molecule is CC.O=C(NCCn1ccnc1)c1cc(-c2ccco2)on1. The average molecular weight is 302 g/mol. The van der Waals surface area contributed by atoms with Gasteiger partial charge in [-0.15, -0.1) is 0 Å². The predicted octanol–water partition coefficient (Wildman–Crippen LogP) is 2.59. The fraction of sp³-hybridized carbons (Fsp3) is 0.267. The van der Waals surface area contributed by atoms with Gasteiger partial charge in [0.2, 0.25) is 5.76 Å². The molecule has 3 rings (SSSR count). The second kappa shape index (κ2) is 7.82. The van der Waals surface area contributed by atoms with Crippen LogP contribution in [0.15, 0.2) is 52.1 Å². The summed E-state index contributed by atoms with van der Waals surface area (Å²) in [5, 5.41) is 6.48. The Morgan fingerprint density at radius 3 is 2.91 bits per heavy atom. The van der Waals surface area contributed by atoms with Gasteiger partial charge in [-0.1, -0.05) is 19.0 Å². The van der Waals surface area contributed by atoms with Gasteiger partial charge in [-0.25, -0.2) is 4.98 Å². The van der Waals surface area contributed by atoms with Crippen molar-refractivity contribution in [2.45, 2.75) is 20.4 Å². The molecule has 7 heteroatoms. The van der Waals surface area contributed by atoms with Crippen LogP contribution in [-0.4, -0.2) is 27.2 Å². The zero-order valence-corrected chi connectivity index (χ0v) is 12.5. The van der Waals surface area contributed by atoms with E-state index >= 15 is 0 Å². The molecule has 22 heavy (non-hydrogen) atoms. The molecule has 0 unspecified atom stereocenters. The first kappa shape index (κ1) is 15.6. The lowest BCUT2D eigenvalue weighted by atomic mass is 10.3. The molecule has 0 saturated heterocycles. The van der Waals surface area contributed by atoms with E-state index in [1.807, 2.05) is 24.6 Å². The first-order valence-corrected chi connectivity index (χ1v) is 7.07. The number of amides is 1. The average Bonchev–Trinajstić information content (AvgIpc) is 3.30. The number of furan rings is 1. The Balaban J connectivity index is 0.000000847. The van der Waals surface area contributed by atoms with Crippen molar-refractivity contribution in [2.24, 2.45) is 0 Å². The van der Waals surface area contributed by atoms with Crippen LogP contribution in [0.25, 0.3) is 11.5 Å². The summed E-state index contributed by atoms with van der Waals surface area (Å²) in [6.45, 7) is 5.13. The van der Waals surface area contributed by atoms with Crippen molar-refractivity contribution in [3.8, 4) is 11.5 Å². The highest BCUT2D eigenvalue weighted by Gasteiger charge is 2.14. The minimum Gasteiger partial charge on any atom is -0.461 e. The van der Waals surface area contributed by atoms with Crippen LogP contribution in [0.3, 0.4) is 0 Å². The van der Waals surface area contributed by atoms with E-state index in [4.69, 9.17) is 8.94 Å². The molecule has 0 atom stereocenters. The van der Waals surface area contributed by atoms with Gasteiger partial charge in [0.15, 0.2) is 11.5 Å². The highest BCUT2D eigenvalue weighted by atomic mass is 16.5. The molecular weight excluding hydrogens is 284 g/mol. The first-order chi connectivity index (χ1) is 10.8. The number of nitrogens with one attached hydrogen (secondary N) is 1. The smallest absolute Gasteiger partial charge is 0.273 e. The van der Waals surface area contributed by atoms with E-state index in [0.29, 0.717) is 24.6 Å². The van der Waals surface area contributed by atoms with Crippen molar-refractivity contribution < 1.29 is 13.7 Å². The lowest BCUT2D eigenvalue weighted by molar-refractivity contribution is 0.0943. The topological polar surface area (TPSA) is 86.1 Å². The maximum atomic E-state index is 11.9. The number of hydrogen-bond acceptors (Lipinski definition) is 5. The summed E-state index contributed by atoms with van der Waals surface area (Å²) in [6.07, 6.45) is 6.74. The molecule has 0 spiro atoms. The zero-order valence-electron chi connectivity index (χ0n) is 12.5. The van der Waals surface area contributed by atoms with Crippen molar-refractivity contribution in [1.82, 2.24) is 20.0 Å². The number of carbonyl (C=O) groups is 1. The molecule has 0 bridgehead atoms.